The summed E-state index contributed by atoms with van der Waals surface area (Å²) in [7, 11) is 0. The second kappa shape index (κ2) is 4.61. The molecule has 6 heteroatoms. The largest absolute Gasteiger partial charge is 0.399 e. The summed E-state index contributed by atoms with van der Waals surface area (Å²) < 4.78 is 1.54. The molecule has 4 rings (SSSR count). The minimum Gasteiger partial charge on any atom is -0.399 e. The van der Waals surface area contributed by atoms with Crippen molar-refractivity contribution in [3.8, 4) is 11.4 Å². The fourth-order valence-corrected chi connectivity index (χ4v) is 3.32. The van der Waals surface area contributed by atoms with Gasteiger partial charge in [0, 0.05) is 21.7 Å². The van der Waals surface area contributed by atoms with Crippen LogP contribution in [0.15, 0.2) is 58.6 Å². The Bertz CT molecular complexity index is 816. The van der Waals surface area contributed by atoms with Crippen molar-refractivity contribution in [3.63, 3.8) is 0 Å². The minimum absolute atomic E-state index is 0.609. The van der Waals surface area contributed by atoms with Crippen molar-refractivity contribution in [2.45, 2.75) is 16.3 Å². The SMILES string of the molecule is Nc1ccc2c(c1)[C@@H](O)n1nc(-c3ccccc3)nc1S2. The number of hydrogen-bond acceptors (Lipinski definition) is 5. The molecule has 0 unspecified atom stereocenters. The molecule has 3 N–H and O–H groups in total. The van der Waals surface area contributed by atoms with E-state index >= 15 is 0 Å². The second-order valence-corrected chi connectivity index (χ2v) is 5.81. The van der Waals surface area contributed by atoms with Crippen LogP contribution in [0.1, 0.15) is 11.8 Å². The average molecular weight is 296 g/mol. The molecule has 1 aromatic heterocycles. The molecule has 2 heterocycles. The maximum absolute atomic E-state index is 10.5. The van der Waals surface area contributed by atoms with Crippen molar-refractivity contribution in [1.82, 2.24) is 14.8 Å². The lowest BCUT2D eigenvalue weighted by Crippen LogP contribution is -2.17. The van der Waals surface area contributed by atoms with Crippen LogP contribution in [-0.4, -0.2) is 19.9 Å². The van der Waals surface area contributed by atoms with Crippen molar-refractivity contribution < 1.29 is 5.11 Å². The van der Waals surface area contributed by atoms with Gasteiger partial charge < -0.3 is 10.8 Å². The molecule has 0 bridgehead atoms. The Balaban J connectivity index is 1.81. The lowest BCUT2D eigenvalue weighted by Gasteiger charge is -2.21. The summed E-state index contributed by atoms with van der Waals surface area (Å²) in [6.45, 7) is 0. The van der Waals surface area contributed by atoms with Crippen LogP contribution in [-0.2, 0) is 0 Å². The van der Waals surface area contributed by atoms with E-state index in [-0.39, 0.29) is 0 Å². The van der Waals surface area contributed by atoms with Crippen molar-refractivity contribution in [3.05, 3.63) is 54.1 Å². The average Bonchev–Trinajstić information content (AvgIpc) is 2.94. The van der Waals surface area contributed by atoms with Gasteiger partial charge in [0.25, 0.3) is 0 Å². The molecule has 1 aliphatic heterocycles. The third-order valence-electron chi connectivity index (χ3n) is 3.38. The Hall–Kier alpha value is -2.31. The maximum atomic E-state index is 10.5. The topological polar surface area (TPSA) is 77.0 Å². The van der Waals surface area contributed by atoms with Crippen molar-refractivity contribution in [1.29, 1.82) is 0 Å². The number of aromatic nitrogens is 3. The number of rotatable bonds is 1. The number of hydrogen-bond donors (Lipinski definition) is 2. The molecule has 0 aliphatic carbocycles. The zero-order valence-electron chi connectivity index (χ0n) is 11.0. The molecule has 5 nitrogen and oxygen atoms in total. The van der Waals surface area contributed by atoms with Crippen molar-refractivity contribution in [2.75, 3.05) is 5.73 Å². The van der Waals surface area contributed by atoms with E-state index in [0.717, 1.165) is 16.0 Å². The molecular formula is C15H12N4OS. The number of nitrogens with zero attached hydrogens (tertiary/aromatic N) is 3. The van der Waals surface area contributed by atoms with E-state index in [2.05, 4.69) is 10.1 Å². The van der Waals surface area contributed by atoms with Gasteiger partial charge in [-0.2, -0.15) is 0 Å². The number of nitrogens with two attached hydrogens (primary N) is 1. The highest BCUT2D eigenvalue weighted by Crippen LogP contribution is 2.40. The van der Waals surface area contributed by atoms with Gasteiger partial charge in [0.2, 0.25) is 0 Å². The zero-order chi connectivity index (χ0) is 14.4. The molecule has 2 aromatic carbocycles. The summed E-state index contributed by atoms with van der Waals surface area (Å²) in [6.07, 6.45) is -0.857. The Labute approximate surface area is 125 Å². The van der Waals surface area contributed by atoms with Gasteiger partial charge in [0.1, 0.15) is 0 Å². The predicted molar refractivity (Wildman–Crippen MR) is 80.8 cm³/mol. The van der Waals surface area contributed by atoms with E-state index in [1.165, 1.54) is 16.4 Å². The lowest BCUT2D eigenvalue weighted by atomic mass is 10.1. The quantitative estimate of drug-likeness (QED) is 0.675. The number of anilines is 1. The highest BCUT2D eigenvalue weighted by Gasteiger charge is 2.27. The van der Waals surface area contributed by atoms with Gasteiger partial charge in [-0.1, -0.05) is 30.3 Å². The Kier molecular flexibility index (Phi) is 2.73. The number of fused-ring (bicyclic) bond motifs is 2. The van der Waals surface area contributed by atoms with E-state index in [0.29, 0.717) is 16.7 Å². The van der Waals surface area contributed by atoms with E-state index in [9.17, 15) is 5.11 Å². The maximum Gasteiger partial charge on any atom is 0.194 e. The zero-order valence-corrected chi connectivity index (χ0v) is 11.8. The molecule has 104 valence electrons. The number of nitrogen functional groups attached to an aromatic ring is 1. The van der Waals surface area contributed by atoms with Gasteiger partial charge in [-0.05, 0) is 30.0 Å². The second-order valence-electron chi connectivity index (χ2n) is 4.80. The van der Waals surface area contributed by atoms with Crippen LogP contribution in [0.3, 0.4) is 0 Å². The first kappa shape index (κ1) is 12.4. The Morgan fingerprint density at radius 3 is 2.76 bits per heavy atom. The summed E-state index contributed by atoms with van der Waals surface area (Å²) in [6, 6.07) is 15.2. The van der Waals surface area contributed by atoms with E-state index < -0.39 is 6.23 Å². The monoisotopic (exact) mass is 296 g/mol. The molecule has 1 atom stereocenters. The Morgan fingerprint density at radius 1 is 1.14 bits per heavy atom. The third kappa shape index (κ3) is 2.00. The van der Waals surface area contributed by atoms with Crippen LogP contribution < -0.4 is 5.73 Å². The van der Waals surface area contributed by atoms with Gasteiger partial charge in [-0.15, -0.1) is 5.10 Å². The Morgan fingerprint density at radius 2 is 1.95 bits per heavy atom. The summed E-state index contributed by atoms with van der Waals surface area (Å²) in [5.74, 6) is 0.609. The van der Waals surface area contributed by atoms with E-state index in [4.69, 9.17) is 5.73 Å². The van der Waals surface area contributed by atoms with Crippen LogP contribution in [0, 0.1) is 0 Å². The van der Waals surface area contributed by atoms with E-state index in [1.54, 1.807) is 6.07 Å². The summed E-state index contributed by atoms with van der Waals surface area (Å²) in [5.41, 5.74) is 8.11. The van der Waals surface area contributed by atoms with Crippen LogP contribution in [0.5, 0.6) is 0 Å². The minimum atomic E-state index is -0.857. The summed E-state index contributed by atoms with van der Waals surface area (Å²) in [4.78, 5) is 5.47. The van der Waals surface area contributed by atoms with E-state index in [1.807, 2.05) is 42.5 Å². The first-order chi connectivity index (χ1) is 10.2. The lowest BCUT2D eigenvalue weighted by molar-refractivity contribution is 0.116. The van der Waals surface area contributed by atoms with Crippen molar-refractivity contribution >= 4 is 17.4 Å². The molecule has 0 saturated heterocycles. The van der Waals surface area contributed by atoms with Gasteiger partial charge in [0.15, 0.2) is 17.2 Å². The van der Waals surface area contributed by atoms with Gasteiger partial charge in [-0.3, -0.25) is 0 Å². The van der Waals surface area contributed by atoms with Gasteiger partial charge >= 0.3 is 0 Å². The molecule has 0 radical (unpaired) electrons. The molecule has 21 heavy (non-hydrogen) atoms. The number of benzene rings is 2. The van der Waals surface area contributed by atoms with Crippen LogP contribution in [0.4, 0.5) is 5.69 Å². The number of aliphatic hydroxyl groups is 1. The molecule has 3 aromatic rings. The van der Waals surface area contributed by atoms with Crippen LogP contribution in [0.2, 0.25) is 0 Å². The standard InChI is InChI=1S/C15H12N4OS/c16-10-6-7-12-11(8-10)14(20)19-15(21-12)17-13(18-19)9-4-2-1-3-5-9/h1-8,14,20H,16H2/t14-/m1/s1. The molecular weight excluding hydrogens is 284 g/mol. The number of aliphatic hydroxyl groups excluding tert-OH is 1. The summed E-state index contributed by atoms with van der Waals surface area (Å²) >= 11 is 1.48. The fraction of sp³-hybridized carbons (Fsp3) is 0.0667. The molecule has 1 aliphatic rings. The predicted octanol–water partition coefficient (Wildman–Crippen LogP) is 2.53. The molecule has 0 saturated carbocycles. The highest BCUT2D eigenvalue weighted by atomic mass is 32.2. The molecule has 0 fully saturated rings. The third-order valence-corrected chi connectivity index (χ3v) is 4.43. The van der Waals surface area contributed by atoms with Crippen LogP contribution in [0.25, 0.3) is 11.4 Å². The highest BCUT2D eigenvalue weighted by molar-refractivity contribution is 7.99. The fourth-order valence-electron chi connectivity index (χ4n) is 2.34. The van der Waals surface area contributed by atoms with Crippen LogP contribution >= 0.6 is 11.8 Å². The molecule has 0 spiro atoms. The smallest absolute Gasteiger partial charge is 0.194 e. The van der Waals surface area contributed by atoms with Gasteiger partial charge in [0.05, 0.1) is 0 Å². The van der Waals surface area contributed by atoms with Crippen molar-refractivity contribution in [2.24, 2.45) is 0 Å². The molecule has 0 amide bonds. The summed E-state index contributed by atoms with van der Waals surface area (Å²) in [5, 5.41) is 15.6. The normalized spacial score (nSPS) is 16.3. The van der Waals surface area contributed by atoms with Gasteiger partial charge in [-0.25, -0.2) is 9.67 Å². The first-order valence-corrected chi connectivity index (χ1v) is 7.31. The first-order valence-electron chi connectivity index (χ1n) is 6.50.